The van der Waals surface area contributed by atoms with Crippen LogP contribution in [0.4, 0.5) is 0 Å². The smallest absolute Gasteiger partial charge is 0.259 e. The van der Waals surface area contributed by atoms with E-state index in [0.717, 1.165) is 49.1 Å². The van der Waals surface area contributed by atoms with Gasteiger partial charge in [0.2, 0.25) is 0 Å². The van der Waals surface area contributed by atoms with Crippen LogP contribution in [0.5, 0.6) is 0 Å². The van der Waals surface area contributed by atoms with E-state index in [2.05, 4.69) is 20.8 Å². The number of aromatic nitrogens is 2. The van der Waals surface area contributed by atoms with Gasteiger partial charge in [0.05, 0.1) is 16.6 Å². The molecule has 2 N–H and O–H groups in total. The van der Waals surface area contributed by atoms with Crippen molar-refractivity contribution >= 4 is 17.0 Å². The average molecular weight is 314 g/mol. The summed E-state index contributed by atoms with van der Waals surface area (Å²) in [5.41, 5.74) is 2.78. The summed E-state index contributed by atoms with van der Waals surface area (Å²) in [7, 11) is 0. The van der Waals surface area contributed by atoms with Crippen LogP contribution in [-0.2, 0) is 0 Å². The van der Waals surface area contributed by atoms with E-state index in [1.165, 1.54) is 12.8 Å². The fourth-order valence-corrected chi connectivity index (χ4v) is 3.78. The summed E-state index contributed by atoms with van der Waals surface area (Å²) in [5, 5.41) is 11.5. The van der Waals surface area contributed by atoms with Gasteiger partial charge in [0.25, 0.3) is 11.6 Å². The molecule has 0 aromatic carbocycles. The predicted molar refractivity (Wildman–Crippen MR) is 86.5 cm³/mol. The number of carbonyl (C=O) groups is 1. The molecule has 23 heavy (non-hydrogen) atoms. The molecule has 2 aromatic rings. The zero-order chi connectivity index (χ0) is 15.8. The molecule has 1 saturated carbocycles. The highest BCUT2D eigenvalue weighted by Crippen LogP contribution is 2.31. The highest BCUT2D eigenvalue weighted by atomic mass is 16.5. The second kappa shape index (κ2) is 5.92. The van der Waals surface area contributed by atoms with Crippen molar-refractivity contribution in [3.05, 3.63) is 23.0 Å². The number of amides is 1. The lowest BCUT2D eigenvalue weighted by Gasteiger charge is -2.13. The fraction of sp³-hybridized carbons (Fsp3) is 0.588. The van der Waals surface area contributed by atoms with E-state index >= 15 is 0 Å². The van der Waals surface area contributed by atoms with E-state index in [9.17, 15) is 4.79 Å². The molecule has 2 fully saturated rings. The Bertz CT molecular complexity index is 728. The van der Waals surface area contributed by atoms with Crippen molar-refractivity contribution in [2.24, 2.45) is 0 Å². The maximum Gasteiger partial charge on any atom is 0.259 e. The van der Waals surface area contributed by atoms with Crippen molar-refractivity contribution in [3.8, 4) is 0 Å². The topological polar surface area (TPSA) is 80.0 Å². The number of aryl methyl sites for hydroxylation is 1. The molecule has 1 unspecified atom stereocenters. The molecule has 4 rings (SSSR count). The first-order valence-electron chi connectivity index (χ1n) is 8.51. The van der Waals surface area contributed by atoms with Crippen molar-refractivity contribution in [2.75, 3.05) is 13.1 Å². The first-order chi connectivity index (χ1) is 11.2. The zero-order valence-electron chi connectivity index (χ0n) is 13.4. The molecule has 2 aromatic heterocycles. The van der Waals surface area contributed by atoms with Crippen LogP contribution in [0, 0.1) is 6.92 Å². The van der Waals surface area contributed by atoms with E-state index in [1.54, 1.807) is 0 Å². The Morgan fingerprint density at radius 1 is 1.35 bits per heavy atom. The highest BCUT2D eigenvalue weighted by Gasteiger charge is 2.28. The minimum Gasteiger partial charge on any atom is -0.349 e. The van der Waals surface area contributed by atoms with Gasteiger partial charge in [-0.15, -0.1) is 0 Å². The summed E-state index contributed by atoms with van der Waals surface area (Å²) in [6.45, 7) is 3.73. The van der Waals surface area contributed by atoms with Gasteiger partial charge in [-0.1, -0.05) is 18.0 Å². The summed E-state index contributed by atoms with van der Waals surface area (Å²) in [6, 6.07) is 2.15. The van der Waals surface area contributed by atoms with Crippen LogP contribution in [0.1, 0.15) is 59.8 Å². The van der Waals surface area contributed by atoms with Crippen LogP contribution in [0.15, 0.2) is 10.6 Å². The number of pyridine rings is 1. The number of rotatable bonds is 3. The fourth-order valence-electron chi connectivity index (χ4n) is 3.78. The summed E-state index contributed by atoms with van der Waals surface area (Å²) in [5.74, 6) is 0.265. The molecule has 2 aliphatic rings. The Morgan fingerprint density at radius 3 is 2.91 bits per heavy atom. The molecule has 1 aliphatic heterocycles. The first-order valence-corrected chi connectivity index (χ1v) is 8.51. The number of carbonyl (C=O) groups excluding carboxylic acids is 1. The van der Waals surface area contributed by atoms with Crippen LogP contribution in [-0.4, -0.2) is 35.2 Å². The maximum atomic E-state index is 12.8. The third-order valence-corrected chi connectivity index (χ3v) is 4.98. The van der Waals surface area contributed by atoms with E-state index in [0.29, 0.717) is 23.2 Å². The second-order valence-corrected chi connectivity index (χ2v) is 6.70. The molecule has 0 radical (unpaired) electrons. The Labute approximate surface area is 135 Å². The molecule has 1 amide bonds. The van der Waals surface area contributed by atoms with Gasteiger partial charge < -0.3 is 15.2 Å². The molecule has 1 saturated heterocycles. The van der Waals surface area contributed by atoms with Crippen molar-refractivity contribution < 1.29 is 9.32 Å². The molecule has 0 bridgehead atoms. The Hall–Kier alpha value is -1.95. The number of hydrogen-bond acceptors (Lipinski definition) is 5. The highest BCUT2D eigenvalue weighted by molar-refractivity contribution is 6.06. The summed E-state index contributed by atoms with van der Waals surface area (Å²) in [6.07, 6.45) is 5.55. The zero-order valence-corrected chi connectivity index (χ0v) is 13.4. The summed E-state index contributed by atoms with van der Waals surface area (Å²) < 4.78 is 5.43. The molecule has 6 nitrogen and oxygen atoms in total. The van der Waals surface area contributed by atoms with Crippen LogP contribution < -0.4 is 10.6 Å². The standard InChI is InChI=1S/C17H22N4O2/c1-10-8-13(16(22)20-12-4-2-3-5-12)14-15(11-6-7-18-9-11)21-23-17(14)19-10/h8,11-12,18H,2-7,9H2,1H3,(H,20,22). The number of nitrogens with one attached hydrogen (secondary N) is 2. The van der Waals surface area contributed by atoms with Gasteiger partial charge in [0.1, 0.15) is 0 Å². The van der Waals surface area contributed by atoms with E-state index in [4.69, 9.17) is 4.52 Å². The van der Waals surface area contributed by atoms with Gasteiger partial charge in [-0.3, -0.25) is 4.79 Å². The molecular formula is C17H22N4O2. The third-order valence-electron chi connectivity index (χ3n) is 4.98. The normalized spacial score (nSPS) is 22.0. The molecule has 1 aliphatic carbocycles. The minimum atomic E-state index is -0.0252. The van der Waals surface area contributed by atoms with Crippen molar-refractivity contribution in [1.29, 1.82) is 0 Å². The average Bonchev–Trinajstić information content (AvgIpc) is 3.26. The van der Waals surface area contributed by atoms with Gasteiger partial charge in [-0.25, -0.2) is 4.98 Å². The predicted octanol–water partition coefficient (Wildman–Crippen LogP) is 2.28. The van der Waals surface area contributed by atoms with Crippen molar-refractivity contribution in [1.82, 2.24) is 20.8 Å². The van der Waals surface area contributed by atoms with Crippen LogP contribution in [0.25, 0.3) is 11.1 Å². The monoisotopic (exact) mass is 314 g/mol. The molecule has 6 heteroatoms. The van der Waals surface area contributed by atoms with Crippen LogP contribution in [0.3, 0.4) is 0 Å². The Balaban J connectivity index is 1.74. The van der Waals surface area contributed by atoms with E-state index < -0.39 is 0 Å². The largest absolute Gasteiger partial charge is 0.349 e. The first kappa shape index (κ1) is 14.6. The quantitative estimate of drug-likeness (QED) is 0.908. The van der Waals surface area contributed by atoms with E-state index in [1.807, 2.05) is 13.0 Å². The lowest BCUT2D eigenvalue weighted by molar-refractivity contribution is 0.0939. The Morgan fingerprint density at radius 2 is 2.17 bits per heavy atom. The van der Waals surface area contributed by atoms with Crippen LogP contribution >= 0.6 is 0 Å². The lowest BCUT2D eigenvalue weighted by atomic mass is 9.98. The van der Waals surface area contributed by atoms with Gasteiger partial charge in [0, 0.05) is 24.2 Å². The molecule has 1 atom stereocenters. The Kier molecular flexibility index (Phi) is 3.77. The number of hydrogen-bond donors (Lipinski definition) is 2. The SMILES string of the molecule is Cc1cc(C(=O)NC2CCCC2)c2c(C3CCNC3)noc2n1. The van der Waals surface area contributed by atoms with Gasteiger partial charge in [0.15, 0.2) is 0 Å². The van der Waals surface area contributed by atoms with E-state index in [-0.39, 0.29) is 5.91 Å². The van der Waals surface area contributed by atoms with Crippen molar-refractivity contribution in [2.45, 2.75) is 51.0 Å². The number of nitrogens with zero attached hydrogens (tertiary/aromatic N) is 2. The lowest BCUT2D eigenvalue weighted by Crippen LogP contribution is -2.32. The minimum absolute atomic E-state index is 0.0252. The third kappa shape index (κ3) is 2.72. The van der Waals surface area contributed by atoms with Gasteiger partial charge in [-0.2, -0.15) is 0 Å². The number of fused-ring (bicyclic) bond motifs is 1. The van der Waals surface area contributed by atoms with Crippen LogP contribution in [0.2, 0.25) is 0 Å². The second-order valence-electron chi connectivity index (χ2n) is 6.70. The maximum absolute atomic E-state index is 12.8. The molecule has 3 heterocycles. The molecular weight excluding hydrogens is 292 g/mol. The van der Waals surface area contributed by atoms with Gasteiger partial charge in [-0.05, 0) is 38.8 Å². The summed E-state index contributed by atoms with van der Waals surface area (Å²) in [4.78, 5) is 17.2. The molecule has 0 spiro atoms. The van der Waals surface area contributed by atoms with Gasteiger partial charge >= 0.3 is 0 Å². The molecule has 122 valence electrons. The summed E-state index contributed by atoms with van der Waals surface area (Å²) >= 11 is 0. The van der Waals surface area contributed by atoms with Crippen molar-refractivity contribution in [3.63, 3.8) is 0 Å².